The van der Waals surface area contributed by atoms with Crippen LogP contribution in [0.15, 0.2) is 0 Å². The van der Waals surface area contributed by atoms with Crippen LogP contribution in [0.5, 0.6) is 0 Å². The highest BCUT2D eigenvalue weighted by Crippen LogP contribution is 2.38. The molecule has 15 heavy (non-hydrogen) atoms. The third kappa shape index (κ3) is 1.71. The topological polar surface area (TPSA) is 41.6 Å². The molecule has 1 atom stereocenters. The van der Waals surface area contributed by atoms with E-state index >= 15 is 0 Å². The van der Waals surface area contributed by atoms with Crippen molar-refractivity contribution in [3.05, 3.63) is 0 Å². The summed E-state index contributed by atoms with van der Waals surface area (Å²) >= 11 is 0. The summed E-state index contributed by atoms with van der Waals surface area (Å²) in [5.74, 6) is 0. The minimum atomic E-state index is -0.164. The van der Waals surface area contributed by atoms with E-state index in [1.807, 2.05) is 4.90 Å². The van der Waals surface area contributed by atoms with E-state index in [-0.39, 0.29) is 11.7 Å². The molecule has 2 aliphatic heterocycles. The predicted molar refractivity (Wildman–Crippen MR) is 55.7 cm³/mol. The first-order valence-corrected chi connectivity index (χ1v) is 5.99. The number of hydrogen-bond donors (Lipinski definition) is 1. The van der Waals surface area contributed by atoms with Gasteiger partial charge >= 0.3 is 6.09 Å². The van der Waals surface area contributed by atoms with Crippen LogP contribution >= 0.6 is 0 Å². The van der Waals surface area contributed by atoms with E-state index in [2.05, 4.69) is 5.32 Å². The van der Waals surface area contributed by atoms with Crippen molar-refractivity contribution in [3.8, 4) is 0 Å². The molecule has 0 bridgehead atoms. The van der Waals surface area contributed by atoms with Gasteiger partial charge in [0.1, 0.15) is 5.60 Å². The number of carbonyl (C=O) groups is 1. The van der Waals surface area contributed by atoms with Gasteiger partial charge in [0.25, 0.3) is 0 Å². The monoisotopic (exact) mass is 210 g/mol. The van der Waals surface area contributed by atoms with E-state index in [0.717, 1.165) is 38.9 Å². The first-order chi connectivity index (χ1) is 7.29. The summed E-state index contributed by atoms with van der Waals surface area (Å²) in [7, 11) is 0. The molecule has 4 heteroatoms. The lowest BCUT2D eigenvalue weighted by molar-refractivity contribution is 0.0470. The zero-order valence-corrected chi connectivity index (χ0v) is 9.00. The van der Waals surface area contributed by atoms with Crippen LogP contribution in [0.1, 0.15) is 32.1 Å². The summed E-state index contributed by atoms with van der Waals surface area (Å²) in [6.45, 7) is 2.87. The van der Waals surface area contributed by atoms with Crippen LogP contribution in [0.2, 0.25) is 0 Å². The van der Waals surface area contributed by atoms with E-state index in [4.69, 9.17) is 4.74 Å². The lowest BCUT2D eigenvalue weighted by Crippen LogP contribution is -2.36. The standard InChI is InChI=1S/C11H18N2O2/c14-10-13(9-2-3-9)8-11(15-10)4-1-6-12-7-5-11/h9,12H,1-8H2. The molecule has 3 fully saturated rings. The van der Waals surface area contributed by atoms with Gasteiger partial charge in [-0.3, -0.25) is 0 Å². The Balaban J connectivity index is 1.73. The highest BCUT2D eigenvalue weighted by Gasteiger charge is 2.49. The molecular formula is C11H18N2O2. The SMILES string of the molecule is O=C1OC2(CCCNCC2)CN1C1CC1. The molecule has 1 saturated carbocycles. The lowest BCUT2D eigenvalue weighted by atomic mass is 9.95. The molecule has 0 aromatic carbocycles. The van der Waals surface area contributed by atoms with Crippen molar-refractivity contribution in [1.29, 1.82) is 0 Å². The van der Waals surface area contributed by atoms with Gasteiger partial charge in [-0.1, -0.05) is 0 Å². The van der Waals surface area contributed by atoms with Crippen molar-refractivity contribution in [3.63, 3.8) is 0 Å². The van der Waals surface area contributed by atoms with E-state index in [1.165, 1.54) is 12.8 Å². The van der Waals surface area contributed by atoms with Crippen LogP contribution in [0.4, 0.5) is 4.79 Å². The number of hydrogen-bond acceptors (Lipinski definition) is 3. The largest absolute Gasteiger partial charge is 0.441 e. The van der Waals surface area contributed by atoms with Crippen LogP contribution < -0.4 is 5.32 Å². The fourth-order valence-electron chi connectivity index (χ4n) is 2.68. The smallest absolute Gasteiger partial charge is 0.410 e. The predicted octanol–water partition coefficient (Wildman–Crippen LogP) is 1.11. The molecule has 1 unspecified atom stereocenters. The fraction of sp³-hybridized carbons (Fsp3) is 0.909. The minimum Gasteiger partial charge on any atom is -0.441 e. The molecule has 2 heterocycles. The van der Waals surface area contributed by atoms with Gasteiger partial charge in [0.15, 0.2) is 0 Å². The number of nitrogens with one attached hydrogen (secondary N) is 1. The average Bonchev–Trinajstić information content (AvgIpc) is 2.98. The maximum Gasteiger partial charge on any atom is 0.410 e. The van der Waals surface area contributed by atoms with E-state index < -0.39 is 0 Å². The molecule has 2 saturated heterocycles. The molecule has 1 spiro atoms. The maximum atomic E-state index is 11.7. The molecule has 1 N–H and O–H groups in total. The highest BCUT2D eigenvalue weighted by molar-refractivity contribution is 5.71. The van der Waals surface area contributed by atoms with Crippen molar-refractivity contribution < 1.29 is 9.53 Å². The molecule has 3 rings (SSSR count). The molecule has 1 aliphatic carbocycles. The van der Waals surface area contributed by atoms with Gasteiger partial charge in [0.05, 0.1) is 6.54 Å². The van der Waals surface area contributed by atoms with Crippen LogP contribution in [0.25, 0.3) is 0 Å². The molecule has 84 valence electrons. The van der Waals surface area contributed by atoms with Crippen molar-refractivity contribution >= 4 is 6.09 Å². The Bertz CT molecular complexity index is 268. The molecule has 3 aliphatic rings. The summed E-state index contributed by atoms with van der Waals surface area (Å²) in [6.07, 6.45) is 5.38. The molecule has 0 aromatic heterocycles. The molecule has 4 nitrogen and oxygen atoms in total. The number of carbonyl (C=O) groups excluding carboxylic acids is 1. The normalized spacial score (nSPS) is 36.8. The van der Waals surface area contributed by atoms with Gasteiger partial charge in [0, 0.05) is 12.5 Å². The van der Waals surface area contributed by atoms with E-state index in [9.17, 15) is 4.79 Å². The molecule has 0 aromatic rings. The third-order valence-corrected chi connectivity index (χ3v) is 3.73. The lowest BCUT2D eigenvalue weighted by Gasteiger charge is -2.24. The van der Waals surface area contributed by atoms with E-state index in [0.29, 0.717) is 6.04 Å². The molecule has 1 amide bonds. The maximum absolute atomic E-state index is 11.7. The highest BCUT2D eigenvalue weighted by atomic mass is 16.6. The van der Waals surface area contributed by atoms with Crippen LogP contribution in [-0.2, 0) is 4.74 Å². The Morgan fingerprint density at radius 3 is 3.00 bits per heavy atom. The Morgan fingerprint density at radius 2 is 2.20 bits per heavy atom. The second kappa shape index (κ2) is 3.37. The Labute approximate surface area is 90.0 Å². The number of nitrogens with zero attached hydrogens (tertiary/aromatic N) is 1. The van der Waals surface area contributed by atoms with Crippen LogP contribution in [-0.4, -0.2) is 42.3 Å². The van der Waals surface area contributed by atoms with Crippen molar-refractivity contribution in [2.45, 2.75) is 43.7 Å². The zero-order chi connectivity index (χ0) is 10.3. The summed E-state index contributed by atoms with van der Waals surface area (Å²) in [5, 5.41) is 3.36. The van der Waals surface area contributed by atoms with Gasteiger partial charge in [-0.15, -0.1) is 0 Å². The van der Waals surface area contributed by atoms with E-state index in [1.54, 1.807) is 0 Å². The minimum absolute atomic E-state index is 0.0700. The summed E-state index contributed by atoms with van der Waals surface area (Å²) in [5.41, 5.74) is -0.164. The number of rotatable bonds is 1. The third-order valence-electron chi connectivity index (χ3n) is 3.73. The van der Waals surface area contributed by atoms with Gasteiger partial charge in [-0.2, -0.15) is 0 Å². The van der Waals surface area contributed by atoms with Crippen LogP contribution in [0.3, 0.4) is 0 Å². The Morgan fingerprint density at radius 1 is 1.33 bits per heavy atom. The average molecular weight is 210 g/mol. The second-order valence-electron chi connectivity index (χ2n) is 5.01. The van der Waals surface area contributed by atoms with Crippen LogP contribution in [0, 0.1) is 0 Å². The summed E-state index contributed by atoms with van der Waals surface area (Å²) in [6, 6.07) is 0.494. The number of ether oxygens (including phenoxy) is 1. The zero-order valence-electron chi connectivity index (χ0n) is 9.00. The second-order valence-corrected chi connectivity index (χ2v) is 5.01. The first kappa shape index (κ1) is 9.46. The van der Waals surface area contributed by atoms with Gasteiger partial charge in [-0.05, 0) is 38.8 Å². The summed E-state index contributed by atoms with van der Waals surface area (Å²) < 4.78 is 5.63. The summed E-state index contributed by atoms with van der Waals surface area (Å²) in [4.78, 5) is 13.7. The molecule has 0 radical (unpaired) electrons. The van der Waals surface area contributed by atoms with Crippen molar-refractivity contribution in [2.75, 3.05) is 19.6 Å². The van der Waals surface area contributed by atoms with Gasteiger partial charge in [0.2, 0.25) is 0 Å². The Kier molecular flexibility index (Phi) is 2.12. The quantitative estimate of drug-likeness (QED) is 0.705. The van der Waals surface area contributed by atoms with Gasteiger partial charge in [-0.25, -0.2) is 4.79 Å². The number of amides is 1. The fourth-order valence-corrected chi connectivity index (χ4v) is 2.68. The Hall–Kier alpha value is -0.770. The van der Waals surface area contributed by atoms with Gasteiger partial charge < -0.3 is 15.0 Å². The van der Waals surface area contributed by atoms with Crippen molar-refractivity contribution in [2.24, 2.45) is 0 Å². The van der Waals surface area contributed by atoms with Crippen molar-refractivity contribution in [1.82, 2.24) is 10.2 Å². The first-order valence-electron chi connectivity index (χ1n) is 5.99. The molecular weight excluding hydrogens is 192 g/mol.